The molecular weight excluding hydrogens is 389 g/mol. The van der Waals surface area contributed by atoms with Crippen molar-refractivity contribution in [2.24, 2.45) is 0 Å². The van der Waals surface area contributed by atoms with Crippen molar-refractivity contribution < 1.29 is 14.3 Å². The van der Waals surface area contributed by atoms with Crippen molar-refractivity contribution in [3.63, 3.8) is 0 Å². The Balaban J connectivity index is 1.63. The highest BCUT2D eigenvalue weighted by Gasteiger charge is 2.27. The summed E-state index contributed by atoms with van der Waals surface area (Å²) in [6.45, 7) is 2.33. The summed E-state index contributed by atoms with van der Waals surface area (Å²) in [5, 5.41) is 7.00. The Labute approximate surface area is 168 Å². The summed E-state index contributed by atoms with van der Waals surface area (Å²) in [5.41, 5.74) is 0.598. The van der Waals surface area contributed by atoms with Gasteiger partial charge in [-0.3, -0.25) is 0 Å². The molecular formula is C19H21Cl2N3O3. The number of ether oxygens (including phenoxy) is 2. The molecule has 144 valence electrons. The van der Waals surface area contributed by atoms with Crippen molar-refractivity contribution in [2.75, 3.05) is 38.7 Å². The van der Waals surface area contributed by atoms with Gasteiger partial charge in [-0.05, 0) is 30.3 Å². The van der Waals surface area contributed by atoms with Crippen molar-refractivity contribution in [1.82, 2.24) is 10.2 Å². The molecule has 2 N–H and O–H groups in total. The minimum absolute atomic E-state index is 0.104. The van der Waals surface area contributed by atoms with Crippen LogP contribution < -0.4 is 20.1 Å². The van der Waals surface area contributed by atoms with E-state index in [4.69, 9.17) is 32.7 Å². The topological polar surface area (TPSA) is 62.8 Å². The zero-order valence-electron chi connectivity index (χ0n) is 14.9. The van der Waals surface area contributed by atoms with E-state index >= 15 is 0 Å². The Morgan fingerprint density at radius 2 is 2.04 bits per heavy atom. The van der Waals surface area contributed by atoms with Gasteiger partial charge >= 0.3 is 6.03 Å². The largest absolute Gasteiger partial charge is 0.497 e. The molecule has 0 bridgehead atoms. The lowest BCUT2D eigenvalue weighted by atomic mass is 10.2. The van der Waals surface area contributed by atoms with E-state index in [-0.39, 0.29) is 12.1 Å². The molecule has 1 aliphatic heterocycles. The second-order valence-corrected chi connectivity index (χ2v) is 6.91. The molecule has 0 saturated carbocycles. The molecule has 6 nitrogen and oxygen atoms in total. The fourth-order valence-corrected chi connectivity index (χ4v) is 3.13. The Hall–Kier alpha value is -2.15. The van der Waals surface area contributed by atoms with Gasteiger partial charge in [-0.2, -0.15) is 0 Å². The zero-order chi connectivity index (χ0) is 19.2. The van der Waals surface area contributed by atoms with Crippen LogP contribution in [0.1, 0.15) is 0 Å². The van der Waals surface area contributed by atoms with Gasteiger partial charge in [0.25, 0.3) is 0 Å². The summed E-state index contributed by atoms with van der Waals surface area (Å²) in [6, 6.07) is 12.1. The first kappa shape index (κ1) is 19.6. The lowest BCUT2D eigenvalue weighted by molar-refractivity contribution is 0.133. The second-order valence-electron chi connectivity index (χ2n) is 6.10. The lowest BCUT2D eigenvalue weighted by Gasteiger charge is -2.36. The van der Waals surface area contributed by atoms with Crippen LogP contribution in [0.5, 0.6) is 11.5 Å². The summed E-state index contributed by atoms with van der Waals surface area (Å²) >= 11 is 11.9. The first-order valence-corrected chi connectivity index (χ1v) is 9.32. The van der Waals surface area contributed by atoms with E-state index in [9.17, 15) is 4.79 Å². The maximum absolute atomic E-state index is 12.7. The van der Waals surface area contributed by atoms with Gasteiger partial charge in [-0.15, -0.1) is 0 Å². The fourth-order valence-electron chi connectivity index (χ4n) is 2.83. The number of nitrogens with zero attached hydrogens (tertiary/aromatic N) is 1. The Kier molecular flexibility index (Phi) is 6.66. The summed E-state index contributed by atoms with van der Waals surface area (Å²) in [6.07, 6.45) is 0. The molecule has 0 aliphatic carbocycles. The number of halogens is 2. The maximum Gasteiger partial charge on any atom is 0.322 e. The molecule has 2 amide bonds. The predicted octanol–water partition coefficient (Wildman–Crippen LogP) is 3.89. The van der Waals surface area contributed by atoms with Crippen LogP contribution in [0, 0.1) is 0 Å². The van der Waals surface area contributed by atoms with E-state index in [2.05, 4.69) is 10.6 Å². The molecule has 2 aromatic carbocycles. The third-order valence-corrected chi connectivity index (χ3v) is 5.00. The standard InChI is InChI=1S/C19H21Cl2N3O3/c1-26-15-3-2-4-16(10-15)27-12-14-11-22-7-8-24(14)19(25)23-13-5-6-17(20)18(21)9-13/h2-6,9-10,14,22H,7-8,11-12H2,1H3,(H,23,25). The number of benzene rings is 2. The van der Waals surface area contributed by atoms with Gasteiger partial charge in [0.05, 0.1) is 23.2 Å². The number of urea groups is 1. The number of rotatable bonds is 5. The molecule has 1 unspecified atom stereocenters. The average Bonchev–Trinajstić information content (AvgIpc) is 2.69. The van der Waals surface area contributed by atoms with Gasteiger partial charge in [0.15, 0.2) is 0 Å². The summed E-state index contributed by atoms with van der Waals surface area (Å²) < 4.78 is 11.1. The normalized spacial score (nSPS) is 16.7. The molecule has 1 fully saturated rings. The maximum atomic E-state index is 12.7. The van der Waals surface area contributed by atoms with Crippen molar-refractivity contribution in [1.29, 1.82) is 0 Å². The highest BCUT2D eigenvalue weighted by Crippen LogP contribution is 2.25. The Morgan fingerprint density at radius 3 is 2.81 bits per heavy atom. The van der Waals surface area contributed by atoms with Crippen molar-refractivity contribution in [3.05, 3.63) is 52.5 Å². The van der Waals surface area contributed by atoms with Gasteiger partial charge in [-0.1, -0.05) is 29.3 Å². The third-order valence-electron chi connectivity index (χ3n) is 4.27. The van der Waals surface area contributed by atoms with E-state index < -0.39 is 0 Å². The smallest absolute Gasteiger partial charge is 0.322 e. The highest BCUT2D eigenvalue weighted by atomic mass is 35.5. The van der Waals surface area contributed by atoms with Gasteiger partial charge in [0, 0.05) is 31.4 Å². The predicted molar refractivity (Wildman–Crippen MR) is 107 cm³/mol. The molecule has 1 saturated heterocycles. The van der Waals surface area contributed by atoms with Crippen molar-refractivity contribution in [3.8, 4) is 11.5 Å². The van der Waals surface area contributed by atoms with E-state index in [1.54, 1.807) is 30.2 Å². The molecule has 0 radical (unpaired) electrons. The average molecular weight is 410 g/mol. The number of nitrogens with one attached hydrogen (secondary N) is 2. The fraction of sp³-hybridized carbons (Fsp3) is 0.316. The number of anilines is 1. The van der Waals surface area contributed by atoms with Crippen LogP contribution in [0.25, 0.3) is 0 Å². The Bertz CT molecular complexity index is 804. The van der Waals surface area contributed by atoms with Gasteiger partial charge < -0.3 is 25.0 Å². The first-order valence-electron chi connectivity index (χ1n) is 8.57. The summed E-state index contributed by atoms with van der Waals surface area (Å²) in [4.78, 5) is 14.5. The van der Waals surface area contributed by atoms with Crippen LogP contribution in [0.2, 0.25) is 10.0 Å². The minimum atomic E-state index is -0.200. The molecule has 8 heteroatoms. The number of piperazine rings is 1. The zero-order valence-corrected chi connectivity index (χ0v) is 16.4. The number of hydrogen-bond donors (Lipinski definition) is 2. The molecule has 0 aromatic heterocycles. The van der Waals surface area contributed by atoms with E-state index in [1.165, 1.54) is 0 Å². The number of carbonyl (C=O) groups excluding carboxylic acids is 1. The van der Waals surface area contributed by atoms with Crippen LogP contribution in [0.3, 0.4) is 0 Å². The van der Waals surface area contributed by atoms with E-state index in [0.717, 1.165) is 12.3 Å². The molecule has 2 aromatic rings. The Morgan fingerprint density at radius 1 is 1.22 bits per heavy atom. The van der Waals surface area contributed by atoms with Gasteiger partial charge in [-0.25, -0.2) is 4.79 Å². The van der Waals surface area contributed by atoms with E-state index in [0.29, 0.717) is 41.2 Å². The molecule has 1 atom stereocenters. The number of hydrogen-bond acceptors (Lipinski definition) is 4. The molecule has 1 aliphatic rings. The van der Waals surface area contributed by atoms with Crippen molar-refractivity contribution >= 4 is 34.9 Å². The second kappa shape index (κ2) is 9.17. The number of carbonyl (C=O) groups is 1. The van der Waals surface area contributed by atoms with Crippen LogP contribution in [0.15, 0.2) is 42.5 Å². The number of methoxy groups -OCH3 is 1. The SMILES string of the molecule is COc1cccc(OCC2CNCCN2C(=O)Nc2ccc(Cl)c(Cl)c2)c1. The number of amides is 2. The van der Waals surface area contributed by atoms with Gasteiger partial charge in [0.2, 0.25) is 0 Å². The first-order chi connectivity index (χ1) is 13.1. The third kappa shape index (κ3) is 5.19. The van der Waals surface area contributed by atoms with Crippen LogP contribution >= 0.6 is 23.2 Å². The highest BCUT2D eigenvalue weighted by molar-refractivity contribution is 6.42. The van der Waals surface area contributed by atoms with Crippen LogP contribution in [-0.4, -0.2) is 50.3 Å². The van der Waals surface area contributed by atoms with Crippen molar-refractivity contribution in [2.45, 2.75) is 6.04 Å². The van der Waals surface area contributed by atoms with Crippen LogP contribution in [-0.2, 0) is 0 Å². The molecule has 3 rings (SSSR count). The summed E-state index contributed by atoms with van der Waals surface area (Å²) in [5.74, 6) is 1.42. The monoisotopic (exact) mass is 409 g/mol. The quantitative estimate of drug-likeness (QED) is 0.785. The molecule has 27 heavy (non-hydrogen) atoms. The minimum Gasteiger partial charge on any atom is -0.497 e. The van der Waals surface area contributed by atoms with Crippen LogP contribution in [0.4, 0.5) is 10.5 Å². The van der Waals surface area contributed by atoms with E-state index in [1.807, 2.05) is 24.3 Å². The molecule has 1 heterocycles. The summed E-state index contributed by atoms with van der Waals surface area (Å²) in [7, 11) is 1.61. The molecule has 0 spiro atoms. The lowest BCUT2D eigenvalue weighted by Crippen LogP contribution is -2.57. The van der Waals surface area contributed by atoms with Gasteiger partial charge in [0.1, 0.15) is 18.1 Å².